The van der Waals surface area contributed by atoms with Crippen LogP contribution in [0.1, 0.15) is 28.9 Å². The van der Waals surface area contributed by atoms with Crippen molar-refractivity contribution in [1.82, 2.24) is 5.32 Å². The largest absolute Gasteiger partial charge is 0.465 e. The normalized spacial score (nSPS) is 13.9. The van der Waals surface area contributed by atoms with Crippen molar-refractivity contribution in [3.63, 3.8) is 0 Å². The molecule has 0 saturated heterocycles. The Bertz CT molecular complexity index is 1100. The summed E-state index contributed by atoms with van der Waals surface area (Å²) in [6.07, 6.45) is 6.32. The van der Waals surface area contributed by atoms with Crippen molar-refractivity contribution in [1.29, 1.82) is 0 Å². The van der Waals surface area contributed by atoms with Gasteiger partial charge in [-0.25, -0.2) is 9.59 Å². The number of esters is 2. The van der Waals surface area contributed by atoms with Gasteiger partial charge in [0.2, 0.25) is 0 Å². The van der Waals surface area contributed by atoms with Crippen molar-refractivity contribution in [2.75, 3.05) is 19.1 Å². The summed E-state index contributed by atoms with van der Waals surface area (Å²) >= 11 is 0. The summed E-state index contributed by atoms with van der Waals surface area (Å²) in [5, 5.41) is 2.98. The summed E-state index contributed by atoms with van der Waals surface area (Å²) in [6, 6.07) is 16.2. The number of anilines is 1. The molecule has 2 aromatic carbocycles. The second-order valence-electron chi connectivity index (χ2n) is 6.94. The number of benzene rings is 2. The summed E-state index contributed by atoms with van der Waals surface area (Å²) in [5.41, 5.74) is 1.65. The maximum Gasteiger partial charge on any atom is 0.355 e. The van der Waals surface area contributed by atoms with Gasteiger partial charge in [-0.05, 0) is 36.8 Å². The Morgan fingerprint density at radius 2 is 1.53 bits per heavy atom. The number of carbonyl (C=O) groups is 3. The molecule has 7 heteroatoms. The van der Waals surface area contributed by atoms with Gasteiger partial charge in [0.15, 0.2) is 0 Å². The number of nitrogens with one attached hydrogen (secondary N) is 1. The lowest BCUT2D eigenvalue weighted by atomic mass is 10.1. The molecule has 1 N–H and O–H groups in total. The maximum absolute atomic E-state index is 13.2. The lowest BCUT2D eigenvalue weighted by molar-refractivity contribution is -0.139. The Labute approximate surface area is 186 Å². The quantitative estimate of drug-likeness (QED) is 0.701. The number of methoxy groups -OCH3 is 2. The molecule has 1 aliphatic rings. The molecule has 1 heterocycles. The number of nitrogens with zero attached hydrogens (tertiary/aromatic N) is 1. The number of carbonyl (C=O) groups excluding carboxylic acids is 3. The molecule has 1 aliphatic heterocycles. The average Bonchev–Trinajstić information content (AvgIpc) is 3.06. The Balaban J connectivity index is 2.04. The van der Waals surface area contributed by atoms with Gasteiger partial charge in [-0.3, -0.25) is 4.79 Å². The van der Waals surface area contributed by atoms with E-state index in [2.05, 4.69) is 5.32 Å². The molecule has 0 fully saturated rings. The van der Waals surface area contributed by atoms with Crippen molar-refractivity contribution >= 4 is 23.5 Å². The van der Waals surface area contributed by atoms with E-state index in [4.69, 9.17) is 9.47 Å². The third-order valence-corrected chi connectivity index (χ3v) is 4.94. The SMILES string of the molecule is COC(=O)C1=C(C(=O)OC)N(c2ccccc2C(=O)NC(C)c2ccccc2)C=CC=C1. The molecule has 0 aliphatic carbocycles. The van der Waals surface area contributed by atoms with Crippen LogP contribution in [0.5, 0.6) is 0 Å². The molecule has 0 saturated carbocycles. The fourth-order valence-corrected chi connectivity index (χ4v) is 3.33. The van der Waals surface area contributed by atoms with Gasteiger partial charge in [-0.15, -0.1) is 0 Å². The first-order valence-corrected chi connectivity index (χ1v) is 9.97. The first kappa shape index (κ1) is 22.6. The van der Waals surface area contributed by atoms with Crippen LogP contribution in [0, 0.1) is 0 Å². The zero-order valence-electron chi connectivity index (χ0n) is 18.1. The lowest BCUT2D eigenvalue weighted by Crippen LogP contribution is -2.31. The van der Waals surface area contributed by atoms with Crippen LogP contribution in [0.4, 0.5) is 5.69 Å². The predicted octanol–water partition coefficient (Wildman–Crippen LogP) is 3.67. The smallest absolute Gasteiger partial charge is 0.355 e. The fourth-order valence-electron chi connectivity index (χ4n) is 3.33. The molecule has 3 rings (SSSR count). The lowest BCUT2D eigenvalue weighted by Gasteiger charge is -2.25. The standard InChI is InChI=1S/C25H24N2O5/c1-17(18-11-5-4-6-12-18)26-23(28)19-13-7-8-15-21(19)27-16-10-9-14-20(24(29)31-2)22(27)25(30)32-3/h4-17H,1-3H3,(H,26,28). The highest BCUT2D eigenvalue weighted by Crippen LogP contribution is 2.29. The van der Waals surface area contributed by atoms with Crippen LogP contribution in [0.25, 0.3) is 0 Å². The Morgan fingerprint density at radius 3 is 2.22 bits per heavy atom. The van der Waals surface area contributed by atoms with Crippen molar-refractivity contribution in [2.45, 2.75) is 13.0 Å². The average molecular weight is 432 g/mol. The van der Waals surface area contributed by atoms with Gasteiger partial charge in [0.1, 0.15) is 5.70 Å². The molecule has 7 nitrogen and oxygen atoms in total. The highest BCUT2D eigenvalue weighted by Gasteiger charge is 2.29. The zero-order chi connectivity index (χ0) is 23.1. The summed E-state index contributed by atoms with van der Waals surface area (Å²) in [4.78, 5) is 39.7. The fraction of sp³-hybridized carbons (Fsp3) is 0.160. The Kier molecular flexibility index (Phi) is 7.23. The number of hydrogen-bond donors (Lipinski definition) is 1. The van der Waals surface area contributed by atoms with Gasteiger partial charge in [0.05, 0.1) is 37.1 Å². The number of rotatable bonds is 6. The van der Waals surface area contributed by atoms with Gasteiger partial charge >= 0.3 is 11.9 Å². The van der Waals surface area contributed by atoms with Crippen LogP contribution in [-0.4, -0.2) is 32.1 Å². The van der Waals surface area contributed by atoms with E-state index in [1.54, 1.807) is 42.6 Å². The third-order valence-electron chi connectivity index (χ3n) is 4.94. The topological polar surface area (TPSA) is 84.9 Å². The van der Waals surface area contributed by atoms with Crippen molar-refractivity contribution in [2.24, 2.45) is 0 Å². The van der Waals surface area contributed by atoms with Crippen molar-refractivity contribution in [3.05, 3.63) is 101 Å². The van der Waals surface area contributed by atoms with E-state index in [1.807, 2.05) is 37.3 Å². The van der Waals surface area contributed by atoms with Crippen LogP contribution in [0.15, 0.2) is 90.3 Å². The minimum Gasteiger partial charge on any atom is -0.465 e. The van der Waals surface area contributed by atoms with Crippen LogP contribution in [-0.2, 0) is 19.1 Å². The molecular formula is C25H24N2O5. The number of para-hydroxylation sites is 1. The van der Waals surface area contributed by atoms with E-state index in [1.165, 1.54) is 25.2 Å². The van der Waals surface area contributed by atoms with Gasteiger partial charge in [0.25, 0.3) is 5.91 Å². The number of hydrogen-bond acceptors (Lipinski definition) is 6. The summed E-state index contributed by atoms with van der Waals surface area (Å²) in [5.74, 6) is -1.77. The van der Waals surface area contributed by atoms with Crippen LogP contribution in [0.3, 0.4) is 0 Å². The first-order valence-electron chi connectivity index (χ1n) is 9.97. The molecule has 0 spiro atoms. The van der Waals surface area contributed by atoms with E-state index in [9.17, 15) is 14.4 Å². The minimum absolute atomic E-state index is 0.0113. The summed E-state index contributed by atoms with van der Waals surface area (Å²) in [7, 11) is 2.45. The van der Waals surface area contributed by atoms with E-state index in [0.29, 0.717) is 11.3 Å². The number of ether oxygens (including phenoxy) is 2. The Hall–Kier alpha value is -4.13. The van der Waals surface area contributed by atoms with Crippen molar-refractivity contribution in [3.8, 4) is 0 Å². The molecule has 1 atom stereocenters. The van der Waals surface area contributed by atoms with Gasteiger partial charge in [-0.1, -0.05) is 48.5 Å². The molecular weight excluding hydrogens is 408 g/mol. The number of amides is 1. The number of allylic oxidation sites excluding steroid dienone is 2. The third kappa shape index (κ3) is 4.78. The first-order chi connectivity index (χ1) is 15.5. The van der Waals surface area contributed by atoms with E-state index in [-0.39, 0.29) is 23.2 Å². The molecule has 0 aromatic heterocycles. The molecule has 0 bridgehead atoms. The monoisotopic (exact) mass is 432 g/mol. The van der Waals surface area contributed by atoms with Crippen LogP contribution in [0.2, 0.25) is 0 Å². The van der Waals surface area contributed by atoms with Gasteiger partial charge in [-0.2, -0.15) is 0 Å². The Morgan fingerprint density at radius 1 is 0.875 bits per heavy atom. The predicted molar refractivity (Wildman–Crippen MR) is 121 cm³/mol. The second-order valence-corrected chi connectivity index (χ2v) is 6.94. The van der Waals surface area contributed by atoms with Gasteiger partial charge < -0.3 is 19.7 Å². The van der Waals surface area contributed by atoms with Crippen LogP contribution >= 0.6 is 0 Å². The van der Waals surface area contributed by atoms with Gasteiger partial charge in [0, 0.05) is 6.20 Å². The maximum atomic E-state index is 13.2. The summed E-state index contributed by atoms with van der Waals surface area (Å²) in [6.45, 7) is 1.89. The molecule has 1 amide bonds. The van der Waals surface area contributed by atoms with Crippen LogP contribution < -0.4 is 10.2 Å². The van der Waals surface area contributed by atoms with E-state index < -0.39 is 11.9 Å². The second kappa shape index (κ2) is 10.3. The molecule has 32 heavy (non-hydrogen) atoms. The minimum atomic E-state index is -0.741. The highest BCUT2D eigenvalue weighted by molar-refractivity contribution is 6.07. The zero-order valence-corrected chi connectivity index (χ0v) is 18.1. The van der Waals surface area contributed by atoms with E-state index >= 15 is 0 Å². The molecule has 2 aromatic rings. The highest BCUT2D eigenvalue weighted by atomic mass is 16.5. The van der Waals surface area contributed by atoms with E-state index in [0.717, 1.165) is 5.56 Å². The molecule has 164 valence electrons. The molecule has 0 radical (unpaired) electrons. The van der Waals surface area contributed by atoms with Crippen molar-refractivity contribution < 1.29 is 23.9 Å². The summed E-state index contributed by atoms with van der Waals surface area (Å²) < 4.78 is 9.77. The molecule has 1 unspecified atom stereocenters.